The molecule has 30 heavy (non-hydrogen) atoms. The standard InChI is InChI=1S/C23H22N4O3/c1-4-30-19-10-7-15(11-20(19)29-3)17-12-18(14-5-8-16(28-2)9-6-14)27-23-21(17)22(24)25-13-26-23/h5-13H,4H2,1-3H3,(H2,24,25,26,27). The van der Waals surface area contributed by atoms with Crippen molar-refractivity contribution >= 4 is 16.9 Å². The number of nitrogen functional groups attached to an aromatic ring is 1. The fourth-order valence-corrected chi connectivity index (χ4v) is 3.34. The molecule has 2 aromatic heterocycles. The van der Waals surface area contributed by atoms with E-state index in [1.54, 1.807) is 14.2 Å². The van der Waals surface area contributed by atoms with Gasteiger partial charge in [0.2, 0.25) is 0 Å². The van der Waals surface area contributed by atoms with Gasteiger partial charge in [0.1, 0.15) is 17.9 Å². The highest BCUT2D eigenvalue weighted by molar-refractivity contribution is 6.01. The number of nitrogens with zero attached hydrogens (tertiary/aromatic N) is 3. The summed E-state index contributed by atoms with van der Waals surface area (Å²) < 4.78 is 16.4. The first-order chi connectivity index (χ1) is 14.6. The Labute approximate surface area is 174 Å². The van der Waals surface area contributed by atoms with Crippen LogP contribution in [0, 0.1) is 0 Å². The highest BCUT2D eigenvalue weighted by atomic mass is 16.5. The van der Waals surface area contributed by atoms with E-state index in [0.29, 0.717) is 35.0 Å². The Bertz CT molecular complexity index is 1190. The predicted octanol–water partition coefficient (Wildman–Crippen LogP) is 4.36. The summed E-state index contributed by atoms with van der Waals surface area (Å²) >= 11 is 0. The molecule has 0 spiro atoms. The van der Waals surface area contributed by atoms with Gasteiger partial charge in [-0.25, -0.2) is 15.0 Å². The molecule has 0 aliphatic heterocycles. The van der Waals surface area contributed by atoms with Gasteiger partial charge in [-0.2, -0.15) is 0 Å². The summed E-state index contributed by atoms with van der Waals surface area (Å²) in [6.07, 6.45) is 1.42. The maximum Gasteiger partial charge on any atom is 0.165 e. The van der Waals surface area contributed by atoms with E-state index in [1.807, 2.05) is 55.5 Å². The minimum atomic E-state index is 0.372. The lowest BCUT2D eigenvalue weighted by molar-refractivity contribution is 0.311. The van der Waals surface area contributed by atoms with Crippen molar-refractivity contribution in [1.82, 2.24) is 15.0 Å². The molecular weight excluding hydrogens is 380 g/mol. The Morgan fingerprint density at radius 2 is 1.63 bits per heavy atom. The Balaban J connectivity index is 1.93. The van der Waals surface area contributed by atoms with Gasteiger partial charge in [-0.3, -0.25) is 0 Å². The molecule has 0 bridgehead atoms. The maximum absolute atomic E-state index is 6.21. The van der Waals surface area contributed by atoms with E-state index in [1.165, 1.54) is 6.33 Å². The van der Waals surface area contributed by atoms with Crippen LogP contribution >= 0.6 is 0 Å². The smallest absolute Gasteiger partial charge is 0.165 e. The lowest BCUT2D eigenvalue weighted by Crippen LogP contribution is -1.99. The number of benzene rings is 2. The van der Waals surface area contributed by atoms with Gasteiger partial charge in [-0.15, -0.1) is 0 Å². The molecule has 0 atom stereocenters. The van der Waals surface area contributed by atoms with Crippen LogP contribution in [0.2, 0.25) is 0 Å². The zero-order chi connectivity index (χ0) is 21.1. The minimum Gasteiger partial charge on any atom is -0.497 e. The molecule has 0 fully saturated rings. The monoisotopic (exact) mass is 402 g/mol. The largest absolute Gasteiger partial charge is 0.497 e. The fourth-order valence-electron chi connectivity index (χ4n) is 3.34. The van der Waals surface area contributed by atoms with E-state index in [0.717, 1.165) is 28.1 Å². The predicted molar refractivity (Wildman–Crippen MR) is 117 cm³/mol. The average Bonchev–Trinajstić information content (AvgIpc) is 2.79. The third kappa shape index (κ3) is 3.57. The van der Waals surface area contributed by atoms with Crippen molar-refractivity contribution < 1.29 is 14.2 Å². The molecule has 152 valence electrons. The number of nitrogens with two attached hydrogens (primary N) is 1. The van der Waals surface area contributed by atoms with Crippen molar-refractivity contribution in [2.24, 2.45) is 0 Å². The van der Waals surface area contributed by atoms with E-state index >= 15 is 0 Å². The van der Waals surface area contributed by atoms with Crippen molar-refractivity contribution in [3.63, 3.8) is 0 Å². The molecule has 2 aromatic carbocycles. The molecule has 0 unspecified atom stereocenters. The lowest BCUT2D eigenvalue weighted by atomic mass is 9.99. The zero-order valence-corrected chi connectivity index (χ0v) is 17.0. The quantitative estimate of drug-likeness (QED) is 0.512. The number of ether oxygens (including phenoxy) is 3. The van der Waals surface area contributed by atoms with Crippen molar-refractivity contribution in [3.8, 4) is 39.6 Å². The summed E-state index contributed by atoms with van der Waals surface area (Å²) in [7, 11) is 3.26. The molecule has 7 nitrogen and oxygen atoms in total. The number of fused-ring (bicyclic) bond motifs is 1. The molecule has 2 heterocycles. The van der Waals surface area contributed by atoms with Crippen LogP contribution in [0.4, 0.5) is 5.82 Å². The molecule has 0 radical (unpaired) electrons. The highest BCUT2D eigenvalue weighted by Gasteiger charge is 2.15. The number of anilines is 1. The van der Waals surface area contributed by atoms with E-state index in [2.05, 4.69) is 9.97 Å². The summed E-state index contributed by atoms with van der Waals surface area (Å²) in [5, 5.41) is 0.695. The number of hydrogen-bond acceptors (Lipinski definition) is 7. The summed E-state index contributed by atoms with van der Waals surface area (Å²) in [5.74, 6) is 2.47. The maximum atomic E-state index is 6.21. The van der Waals surface area contributed by atoms with Crippen molar-refractivity contribution in [1.29, 1.82) is 0 Å². The fraction of sp³-hybridized carbons (Fsp3) is 0.174. The molecule has 2 N–H and O–H groups in total. The number of pyridine rings is 1. The summed E-state index contributed by atoms with van der Waals surface area (Å²) in [6.45, 7) is 2.49. The SMILES string of the molecule is CCOc1ccc(-c2cc(-c3ccc(OC)cc3)nc3ncnc(N)c23)cc1OC. The van der Waals surface area contributed by atoms with Crippen LogP contribution in [0.1, 0.15) is 6.92 Å². The number of rotatable bonds is 6. The van der Waals surface area contributed by atoms with Gasteiger partial charge in [-0.1, -0.05) is 6.07 Å². The van der Waals surface area contributed by atoms with Crippen molar-refractivity contribution in [2.45, 2.75) is 6.92 Å². The highest BCUT2D eigenvalue weighted by Crippen LogP contribution is 2.38. The Kier molecular flexibility index (Phi) is 5.34. The second-order valence-electron chi connectivity index (χ2n) is 6.54. The van der Waals surface area contributed by atoms with E-state index in [-0.39, 0.29) is 0 Å². The Morgan fingerprint density at radius 3 is 2.33 bits per heavy atom. The molecule has 0 aliphatic rings. The summed E-state index contributed by atoms with van der Waals surface area (Å²) in [6, 6.07) is 15.5. The van der Waals surface area contributed by atoms with Crippen LogP contribution < -0.4 is 19.9 Å². The topological polar surface area (TPSA) is 92.4 Å². The molecule has 4 rings (SSSR count). The number of hydrogen-bond donors (Lipinski definition) is 1. The molecule has 7 heteroatoms. The van der Waals surface area contributed by atoms with E-state index in [9.17, 15) is 0 Å². The van der Waals surface area contributed by atoms with E-state index < -0.39 is 0 Å². The number of aromatic nitrogens is 3. The van der Waals surface area contributed by atoms with Crippen LogP contribution in [-0.4, -0.2) is 35.8 Å². The Hall–Kier alpha value is -3.87. The summed E-state index contributed by atoms with van der Waals surface area (Å²) in [5.41, 5.74) is 10.2. The molecule has 0 saturated heterocycles. The minimum absolute atomic E-state index is 0.372. The summed E-state index contributed by atoms with van der Waals surface area (Å²) in [4.78, 5) is 13.2. The van der Waals surface area contributed by atoms with Gasteiger partial charge in [0, 0.05) is 5.56 Å². The van der Waals surface area contributed by atoms with Crippen LogP contribution in [0.25, 0.3) is 33.4 Å². The van der Waals surface area contributed by atoms with Gasteiger partial charge in [0.05, 0.1) is 31.9 Å². The van der Waals surface area contributed by atoms with Gasteiger partial charge in [0.25, 0.3) is 0 Å². The van der Waals surface area contributed by atoms with Crippen molar-refractivity contribution in [2.75, 3.05) is 26.6 Å². The van der Waals surface area contributed by atoms with Crippen molar-refractivity contribution in [3.05, 3.63) is 54.9 Å². The lowest BCUT2D eigenvalue weighted by Gasteiger charge is -2.14. The molecule has 0 amide bonds. The van der Waals surface area contributed by atoms with Crippen LogP contribution in [0.3, 0.4) is 0 Å². The molecule has 0 saturated carbocycles. The molecular formula is C23H22N4O3. The van der Waals surface area contributed by atoms with Gasteiger partial charge >= 0.3 is 0 Å². The van der Waals surface area contributed by atoms with E-state index in [4.69, 9.17) is 24.9 Å². The first-order valence-electron chi connectivity index (χ1n) is 9.51. The zero-order valence-electron chi connectivity index (χ0n) is 17.0. The van der Waals surface area contributed by atoms with Crippen LogP contribution in [0.15, 0.2) is 54.9 Å². The molecule has 4 aromatic rings. The number of methoxy groups -OCH3 is 2. The first-order valence-corrected chi connectivity index (χ1v) is 9.51. The normalized spacial score (nSPS) is 10.8. The van der Waals surface area contributed by atoms with Crippen LogP contribution in [-0.2, 0) is 0 Å². The third-order valence-electron chi connectivity index (χ3n) is 4.79. The second-order valence-corrected chi connectivity index (χ2v) is 6.54. The average molecular weight is 402 g/mol. The van der Waals surface area contributed by atoms with Gasteiger partial charge in [-0.05, 0) is 60.5 Å². The third-order valence-corrected chi connectivity index (χ3v) is 4.79. The Morgan fingerprint density at radius 1 is 0.867 bits per heavy atom. The van der Waals surface area contributed by atoms with Crippen LogP contribution in [0.5, 0.6) is 17.2 Å². The van der Waals surface area contributed by atoms with Gasteiger partial charge in [0.15, 0.2) is 17.1 Å². The van der Waals surface area contributed by atoms with Gasteiger partial charge < -0.3 is 19.9 Å². The first kappa shape index (κ1) is 19.4. The second kappa shape index (κ2) is 8.24. The molecule has 0 aliphatic carbocycles.